The van der Waals surface area contributed by atoms with Crippen LogP contribution < -0.4 is 4.80 Å². The van der Waals surface area contributed by atoms with Crippen LogP contribution in [0.3, 0.4) is 0 Å². The van der Waals surface area contributed by atoms with Crippen molar-refractivity contribution in [2.45, 2.75) is 27.3 Å². The fourth-order valence-corrected chi connectivity index (χ4v) is 3.77. The van der Waals surface area contributed by atoms with E-state index >= 15 is 0 Å². The second-order valence-electron chi connectivity index (χ2n) is 5.82. The minimum atomic E-state index is -0.367. The zero-order chi connectivity index (χ0) is 18.0. The van der Waals surface area contributed by atoms with Crippen LogP contribution in [-0.2, 0) is 6.54 Å². The first-order valence-electron chi connectivity index (χ1n) is 8.11. The third kappa shape index (κ3) is 3.61. The third-order valence-corrected chi connectivity index (χ3v) is 5.00. The average molecular weight is 354 g/mol. The lowest BCUT2D eigenvalue weighted by atomic mass is 10.1. The average Bonchev–Trinajstić information content (AvgIpc) is 2.91. The molecule has 0 aliphatic heterocycles. The summed E-state index contributed by atoms with van der Waals surface area (Å²) in [6, 6.07) is 13.8. The number of carbonyl (C=O) groups excluding carboxylic acids is 1. The SMILES string of the molecule is CCn1c(-c2ccc(C)cc2)c(C)sc1=NC(=O)c1ccc(F)cc1. The number of aryl methyl sites for hydroxylation is 2. The summed E-state index contributed by atoms with van der Waals surface area (Å²) in [6.45, 7) is 6.84. The van der Waals surface area contributed by atoms with E-state index in [9.17, 15) is 9.18 Å². The summed E-state index contributed by atoms with van der Waals surface area (Å²) in [5, 5.41) is 0. The van der Waals surface area contributed by atoms with Crippen molar-refractivity contribution in [1.29, 1.82) is 0 Å². The van der Waals surface area contributed by atoms with Crippen molar-refractivity contribution in [2.24, 2.45) is 4.99 Å². The van der Waals surface area contributed by atoms with Crippen LogP contribution in [0.1, 0.15) is 27.7 Å². The van der Waals surface area contributed by atoms with Gasteiger partial charge in [0.1, 0.15) is 5.82 Å². The van der Waals surface area contributed by atoms with Crippen LogP contribution in [0, 0.1) is 19.7 Å². The van der Waals surface area contributed by atoms with Gasteiger partial charge in [0.15, 0.2) is 4.80 Å². The lowest BCUT2D eigenvalue weighted by molar-refractivity contribution is 0.0998. The Morgan fingerprint density at radius 2 is 1.72 bits per heavy atom. The number of carbonyl (C=O) groups is 1. The van der Waals surface area contributed by atoms with E-state index in [-0.39, 0.29) is 11.7 Å². The Morgan fingerprint density at radius 1 is 1.08 bits per heavy atom. The number of hydrogen-bond donors (Lipinski definition) is 0. The Labute approximate surface area is 150 Å². The van der Waals surface area contributed by atoms with Crippen LogP contribution in [0.4, 0.5) is 4.39 Å². The van der Waals surface area contributed by atoms with Crippen molar-refractivity contribution in [3.63, 3.8) is 0 Å². The van der Waals surface area contributed by atoms with Gasteiger partial charge in [-0.05, 0) is 50.6 Å². The summed E-state index contributed by atoms with van der Waals surface area (Å²) < 4.78 is 15.1. The molecule has 0 aliphatic carbocycles. The number of halogens is 1. The molecule has 128 valence electrons. The van der Waals surface area contributed by atoms with Crippen molar-refractivity contribution in [2.75, 3.05) is 0 Å². The molecule has 0 aliphatic rings. The van der Waals surface area contributed by atoms with Gasteiger partial charge in [0, 0.05) is 17.0 Å². The standard InChI is InChI=1S/C20H19FN2OS/c1-4-23-18(15-7-5-13(2)6-8-15)14(3)25-20(23)22-19(24)16-9-11-17(21)12-10-16/h5-12H,4H2,1-3H3. The molecule has 3 rings (SSSR count). The lowest BCUT2D eigenvalue weighted by Crippen LogP contribution is -2.17. The van der Waals surface area contributed by atoms with Crippen LogP contribution in [0.25, 0.3) is 11.3 Å². The fraction of sp³-hybridized carbons (Fsp3) is 0.200. The largest absolute Gasteiger partial charge is 0.316 e. The predicted molar refractivity (Wildman–Crippen MR) is 99.2 cm³/mol. The van der Waals surface area contributed by atoms with Gasteiger partial charge in [-0.25, -0.2) is 4.39 Å². The van der Waals surface area contributed by atoms with Crippen LogP contribution >= 0.6 is 11.3 Å². The summed E-state index contributed by atoms with van der Waals surface area (Å²) in [7, 11) is 0. The maximum atomic E-state index is 13.0. The molecule has 3 nitrogen and oxygen atoms in total. The number of rotatable bonds is 3. The molecule has 0 saturated heterocycles. The smallest absolute Gasteiger partial charge is 0.279 e. The van der Waals surface area contributed by atoms with Gasteiger partial charge < -0.3 is 4.57 Å². The highest BCUT2D eigenvalue weighted by atomic mass is 32.1. The zero-order valence-corrected chi connectivity index (χ0v) is 15.2. The number of hydrogen-bond acceptors (Lipinski definition) is 2. The molecular formula is C20H19FN2OS. The van der Waals surface area contributed by atoms with E-state index < -0.39 is 0 Å². The quantitative estimate of drug-likeness (QED) is 0.669. The maximum Gasteiger partial charge on any atom is 0.279 e. The van der Waals surface area contributed by atoms with Crippen molar-refractivity contribution < 1.29 is 9.18 Å². The van der Waals surface area contributed by atoms with Gasteiger partial charge in [0.25, 0.3) is 5.91 Å². The summed E-state index contributed by atoms with van der Waals surface area (Å²) in [4.78, 5) is 18.4. The minimum Gasteiger partial charge on any atom is -0.316 e. The van der Waals surface area contributed by atoms with Crippen LogP contribution in [-0.4, -0.2) is 10.5 Å². The van der Waals surface area contributed by atoms with Gasteiger partial charge in [0.05, 0.1) is 5.69 Å². The molecule has 1 aromatic heterocycles. The molecule has 0 unspecified atom stereocenters. The van der Waals surface area contributed by atoms with Crippen molar-refractivity contribution in [3.05, 3.63) is 75.2 Å². The molecule has 0 atom stereocenters. The normalized spacial score (nSPS) is 11.8. The topological polar surface area (TPSA) is 34.4 Å². The van der Waals surface area contributed by atoms with E-state index in [1.807, 2.05) is 18.4 Å². The molecule has 0 radical (unpaired) electrons. The molecule has 0 spiro atoms. The molecule has 1 heterocycles. The Balaban J connectivity index is 2.08. The monoisotopic (exact) mass is 354 g/mol. The van der Waals surface area contributed by atoms with Gasteiger partial charge >= 0.3 is 0 Å². The van der Waals surface area contributed by atoms with Crippen molar-refractivity contribution >= 4 is 17.2 Å². The van der Waals surface area contributed by atoms with Crippen LogP contribution in [0.5, 0.6) is 0 Å². The molecule has 1 amide bonds. The second-order valence-corrected chi connectivity index (χ2v) is 7.01. The predicted octanol–water partition coefficient (Wildman–Crippen LogP) is 4.73. The molecular weight excluding hydrogens is 335 g/mol. The molecule has 5 heteroatoms. The van der Waals surface area contributed by atoms with E-state index in [1.54, 1.807) is 0 Å². The van der Waals surface area contributed by atoms with E-state index in [2.05, 4.69) is 36.2 Å². The maximum absolute atomic E-state index is 13.0. The first-order valence-corrected chi connectivity index (χ1v) is 8.93. The number of benzene rings is 2. The number of nitrogens with zero attached hydrogens (tertiary/aromatic N) is 2. The van der Waals surface area contributed by atoms with Gasteiger partial charge in [-0.15, -0.1) is 11.3 Å². The van der Waals surface area contributed by atoms with E-state index in [0.29, 0.717) is 16.9 Å². The second kappa shape index (κ2) is 7.15. The zero-order valence-electron chi connectivity index (χ0n) is 14.4. The highest BCUT2D eigenvalue weighted by Crippen LogP contribution is 2.25. The Hall–Kier alpha value is -2.53. The lowest BCUT2D eigenvalue weighted by Gasteiger charge is -2.08. The van der Waals surface area contributed by atoms with Crippen molar-refractivity contribution in [1.82, 2.24) is 4.57 Å². The highest BCUT2D eigenvalue weighted by molar-refractivity contribution is 7.09. The Kier molecular flexibility index (Phi) is 4.95. The molecule has 3 aromatic rings. The molecule has 2 aromatic carbocycles. The first-order chi connectivity index (χ1) is 12.0. The molecule has 0 saturated carbocycles. The van der Waals surface area contributed by atoms with Gasteiger partial charge in [-0.2, -0.15) is 4.99 Å². The van der Waals surface area contributed by atoms with E-state index in [0.717, 1.165) is 16.1 Å². The summed E-state index contributed by atoms with van der Waals surface area (Å²) in [5.74, 6) is -0.729. The van der Waals surface area contributed by atoms with Crippen LogP contribution in [0.2, 0.25) is 0 Å². The number of aromatic nitrogens is 1. The van der Waals surface area contributed by atoms with Crippen molar-refractivity contribution in [3.8, 4) is 11.3 Å². The fourth-order valence-electron chi connectivity index (χ4n) is 2.72. The highest BCUT2D eigenvalue weighted by Gasteiger charge is 2.13. The van der Waals surface area contributed by atoms with Gasteiger partial charge in [0.2, 0.25) is 0 Å². The Bertz CT molecular complexity index is 966. The third-order valence-electron chi connectivity index (χ3n) is 4.01. The molecule has 0 N–H and O–H groups in total. The minimum absolute atomic E-state index is 0.362. The Morgan fingerprint density at radius 3 is 2.32 bits per heavy atom. The summed E-state index contributed by atoms with van der Waals surface area (Å²) >= 11 is 1.49. The van der Waals surface area contributed by atoms with E-state index in [1.165, 1.54) is 41.2 Å². The summed E-state index contributed by atoms with van der Waals surface area (Å²) in [6.07, 6.45) is 0. The molecule has 25 heavy (non-hydrogen) atoms. The number of amides is 1. The van der Waals surface area contributed by atoms with Crippen LogP contribution in [0.15, 0.2) is 53.5 Å². The van der Waals surface area contributed by atoms with Gasteiger partial charge in [-0.1, -0.05) is 29.8 Å². The summed E-state index contributed by atoms with van der Waals surface area (Å²) in [5.41, 5.74) is 3.78. The van der Waals surface area contributed by atoms with E-state index in [4.69, 9.17) is 0 Å². The van der Waals surface area contributed by atoms with Gasteiger partial charge in [-0.3, -0.25) is 4.79 Å². The molecule has 0 bridgehead atoms. The molecule has 0 fully saturated rings. The first kappa shape index (κ1) is 17.3. The number of thiazole rings is 1.